The van der Waals surface area contributed by atoms with Crippen LogP contribution in [-0.2, 0) is 23.8 Å². The van der Waals surface area contributed by atoms with Crippen molar-refractivity contribution in [2.24, 2.45) is 0 Å². The molecule has 0 aromatic heterocycles. The second kappa shape index (κ2) is 66.1. The van der Waals surface area contributed by atoms with Crippen LogP contribution in [0.25, 0.3) is 0 Å². The lowest BCUT2D eigenvalue weighted by atomic mass is 9.99. The molecule has 1 amide bonds. The van der Waals surface area contributed by atoms with Crippen molar-refractivity contribution in [3.8, 4) is 0 Å². The molecule has 0 spiro atoms. The third-order valence-corrected chi connectivity index (χ3v) is 17.9. The van der Waals surface area contributed by atoms with E-state index in [2.05, 4.69) is 55.6 Å². The Hall–Kier alpha value is -2.38. The molecule has 0 aromatic rings. The van der Waals surface area contributed by atoms with Gasteiger partial charge in [0.15, 0.2) is 6.29 Å². The Bertz CT molecular complexity index is 1600. The molecule has 1 fully saturated rings. The zero-order valence-electron chi connectivity index (χ0n) is 57.4. The molecular weight excluding hydrogens is 1100 g/mol. The number of nitrogens with one attached hydrogen (secondary N) is 1. The highest BCUT2D eigenvalue weighted by Crippen LogP contribution is 2.23. The van der Waals surface area contributed by atoms with Crippen LogP contribution in [0.3, 0.4) is 0 Å². The molecule has 6 N–H and O–H groups in total. The highest BCUT2D eigenvalue weighted by atomic mass is 16.7. The van der Waals surface area contributed by atoms with Crippen LogP contribution in [0.4, 0.5) is 0 Å². The van der Waals surface area contributed by atoms with E-state index in [1.54, 1.807) is 6.08 Å². The van der Waals surface area contributed by atoms with E-state index in [1.807, 2.05) is 6.08 Å². The van der Waals surface area contributed by atoms with Gasteiger partial charge in [-0.2, -0.15) is 0 Å². The summed E-state index contributed by atoms with van der Waals surface area (Å²) in [5.41, 5.74) is 0. The second-order valence-electron chi connectivity index (χ2n) is 26.3. The number of carbonyl (C=O) groups excluding carboxylic acids is 2. The first-order valence-corrected chi connectivity index (χ1v) is 37.9. The Morgan fingerprint density at radius 3 is 1.20 bits per heavy atom. The first kappa shape index (κ1) is 83.6. The summed E-state index contributed by atoms with van der Waals surface area (Å²) in [4.78, 5) is 25.1. The van der Waals surface area contributed by atoms with Gasteiger partial charge in [-0.3, -0.25) is 9.59 Å². The van der Waals surface area contributed by atoms with Gasteiger partial charge in [0.25, 0.3) is 0 Å². The van der Waals surface area contributed by atoms with Crippen LogP contribution in [0.5, 0.6) is 0 Å². The predicted molar refractivity (Wildman–Crippen MR) is 370 cm³/mol. The summed E-state index contributed by atoms with van der Waals surface area (Å²) in [6, 6.07) is -0.824. The van der Waals surface area contributed by atoms with Crippen molar-refractivity contribution in [3.63, 3.8) is 0 Å². The predicted octanol–water partition coefficient (Wildman–Crippen LogP) is 19.9. The highest BCUT2D eigenvalue weighted by Gasteiger charge is 2.44. The van der Waals surface area contributed by atoms with Gasteiger partial charge < -0.3 is 45.1 Å². The molecule has 1 rings (SSSR count). The van der Waals surface area contributed by atoms with E-state index in [0.29, 0.717) is 19.4 Å². The van der Waals surface area contributed by atoms with E-state index in [4.69, 9.17) is 14.2 Å². The van der Waals surface area contributed by atoms with Gasteiger partial charge in [-0.15, -0.1) is 0 Å². The third-order valence-electron chi connectivity index (χ3n) is 17.9. The van der Waals surface area contributed by atoms with Gasteiger partial charge in [-0.25, -0.2) is 0 Å². The van der Waals surface area contributed by atoms with Gasteiger partial charge in [-0.1, -0.05) is 326 Å². The van der Waals surface area contributed by atoms with Crippen LogP contribution in [-0.4, -0.2) is 100 Å². The summed E-state index contributed by atoms with van der Waals surface area (Å²) < 4.78 is 16.7. The first-order valence-electron chi connectivity index (χ1n) is 37.9. The first-order chi connectivity index (χ1) is 43.2. The van der Waals surface area contributed by atoms with E-state index in [0.717, 1.165) is 57.8 Å². The van der Waals surface area contributed by atoms with E-state index < -0.39 is 49.5 Å². The molecule has 0 aliphatic carbocycles. The highest BCUT2D eigenvalue weighted by molar-refractivity contribution is 5.76. The Labute approximate surface area is 542 Å². The van der Waals surface area contributed by atoms with Crippen molar-refractivity contribution in [3.05, 3.63) is 48.6 Å². The van der Waals surface area contributed by atoms with Crippen LogP contribution >= 0.6 is 0 Å². The molecule has 7 unspecified atom stereocenters. The summed E-state index contributed by atoms with van der Waals surface area (Å²) in [6.45, 7) is 4.33. The van der Waals surface area contributed by atoms with E-state index in [-0.39, 0.29) is 18.5 Å². The fraction of sp³-hybridized carbons (Fsp3) is 0.870. The Balaban J connectivity index is 1.90. The van der Waals surface area contributed by atoms with Gasteiger partial charge in [0, 0.05) is 12.8 Å². The topological polar surface area (TPSA) is 175 Å². The average Bonchev–Trinajstić information content (AvgIpc) is 3.12. The minimum Gasteiger partial charge on any atom is -0.466 e. The van der Waals surface area contributed by atoms with Crippen LogP contribution in [0.1, 0.15) is 367 Å². The van der Waals surface area contributed by atoms with Crippen molar-refractivity contribution < 1.29 is 49.3 Å². The SMILES string of the molecule is CCCCCC/C=C/CC/C=C/C(O)C(COC1OC(CO)C(O)C(O)C1O)NC(=O)CCCCCCCCCCCCCCCCCCC/C=C\C/C=C\CCCCCCCCCCCCCCCCCOC(=O)CCCCCCCCCCCCC. The molecule has 88 heavy (non-hydrogen) atoms. The molecule has 516 valence electrons. The van der Waals surface area contributed by atoms with Crippen molar-refractivity contribution in [1.82, 2.24) is 5.32 Å². The van der Waals surface area contributed by atoms with Gasteiger partial charge in [0.05, 0.1) is 32.0 Å². The molecule has 1 aliphatic rings. The smallest absolute Gasteiger partial charge is 0.305 e. The Morgan fingerprint density at radius 2 is 0.773 bits per heavy atom. The number of carbonyl (C=O) groups is 2. The van der Waals surface area contributed by atoms with Gasteiger partial charge >= 0.3 is 5.97 Å². The number of esters is 1. The summed E-state index contributed by atoms with van der Waals surface area (Å²) in [7, 11) is 0. The molecule has 11 nitrogen and oxygen atoms in total. The second-order valence-corrected chi connectivity index (χ2v) is 26.3. The molecule has 0 aromatic carbocycles. The van der Waals surface area contributed by atoms with E-state index in [9.17, 15) is 35.1 Å². The van der Waals surface area contributed by atoms with Crippen LogP contribution in [0.15, 0.2) is 48.6 Å². The maximum absolute atomic E-state index is 13.0. The largest absolute Gasteiger partial charge is 0.466 e. The standard InChI is InChI=1S/C77H143NO10/c1-3-5-7-9-11-13-44-49-53-57-61-65-73(82)86-66-62-58-54-50-46-43-41-39-37-35-33-31-29-27-25-23-21-19-17-15-16-18-20-22-24-26-28-30-32-34-36-38-40-42-45-48-52-56-60-64-72(81)78-69(68-87-77-76(85)75(84)74(83)71(67-79)88-77)70(80)63-59-55-51-47-14-12-10-8-6-4-2/h14-16,19,21,47,59,63,69-71,74-77,79-80,83-85H,3-13,17-18,20,22-46,48-58,60-62,64-68H2,1-2H3,(H,78,81)/b16-15-,21-19-,47-14+,63-59+. The maximum Gasteiger partial charge on any atom is 0.305 e. The monoisotopic (exact) mass is 1240 g/mol. The van der Waals surface area contributed by atoms with Crippen molar-refractivity contribution in [1.29, 1.82) is 0 Å². The minimum absolute atomic E-state index is 0.0143. The van der Waals surface area contributed by atoms with Gasteiger partial charge in [0.2, 0.25) is 5.91 Å². The molecule has 7 atom stereocenters. The number of amides is 1. The number of allylic oxidation sites excluding steroid dienone is 7. The number of hydrogen-bond acceptors (Lipinski definition) is 10. The number of aliphatic hydroxyl groups excluding tert-OH is 5. The van der Waals surface area contributed by atoms with Crippen molar-refractivity contribution in [2.45, 2.75) is 410 Å². The molecule has 0 radical (unpaired) electrons. The molecule has 0 saturated carbocycles. The van der Waals surface area contributed by atoms with Crippen LogP contribution < -0.4 is 5.32 Å². The van der Waals surface area contributed by atoms with Crippen LogP contribution in [0.2, 0.25) is 0 Å². The van der Waals surface area contributed by atoms with Crippen molar-refractivity contribution in [2.75, 3.05) is 19.8 Å². The summed E-state index contributed by atoms with van der Waals surface area (Å²) in [6.07, 6.45) is 77.2. The molecule has 1 heterocycles. The molecule has 0 bridgehead atoms. The lowest BCUT2D eigenvalue weighted by Gasteiger charge is -2.40. The zero-order valence-corrected chi connectivity index (χ0v) is 57.4. The molecule has 1 aliphatic heterocycles. The Morgan fingerprint density at radius 1 is 0.420 bits per heavy atom. The lowest BCUT2D eigenvalue weighted by molar-refractivity contribution is -0.302. The fourth-order valence-electron chi connectivity index (χ4n) is 12.0. The quantitative estimate of drug-likeness (QED) is 0.0195. The third kappa shape index (κ3) is 54.2. The maximum atomic E-state index is 13.0. The number of hydrogen-bond donors (Lipinski definition) is 6. The van der Waals surface area contributed by atoms with E-state index in [1.165, 1.54) is 283 Å². The lowest BCUT2D eigenvalue weighted by Crippen LogP contribution is -2.60. The Kier molecular flexibility index (Phi) is 62.8. The van der Waals surface area contributed by atoms with Gasteiger partial charge in [-0.05, 0) is 77.0 Å². The molecule has 1 saturated heterocycles. The fourth-order valence-corrected chi connectivity index (χ4v) is 12.0. The average molecular weight is 1240 g/mol. The number of rotatable bonds is 67. The number of unbranched alkanes of at least 4 members (excludes halogenated alkanes) is 47. The molecular formula is C77H143NO10. The summed E-state index contributed by atoms with van der Waals surface area (Å²) in [5, 5.41) is 54.3. The minimum atomic E-state index is -1.57. The van der Waals surface area contributed by atoms with E-state index >= 15 is 0 Å². The summed E-state index contributed by atoms with van der Waals surface area (Å²) >= 11 is 0. The van der Waals surface area contributed by atoms with Crippen molar-refractivity contribution >= 4 is 11.9 Å². The number of ether oxygens (including phenoxy) is 3. The normalized spacial score (nSPS) is 18.0. The number of aliphatic hydroxyl groups is 5. The van der Waals surface area contributed by atoms with Gasteiger partial charge in [0.1, 0.15) is 24.4 Å². The summed E-state index contributed by atoms with van der Waals surface area (Å²) in [5.74, 6) is -0.175. The van der Waals surface area contributed by atoms with Crippen LogP contribution in [0, 0.1) is 0 Å². The zero-order chi connectivity index (χ0) is 63.7. The molecule has 11 heteroatoms.